The van der Waals surface area contributed by atoms with Crippen molar-refractivity contribution < 1.29 is 34.8 Å². The highest BCUT2D eigenvalue weighted by atomic mass is 16.7. The van der Waals surface area contributed by atoms with Gasteiger partial charge in [-0.3, -0.25) is 10.0 Å². The maximum Gasteiger partial charge on any atom is 0.328 e. The topological polar surface area (TPSA) is 133 Å². The zero-order valence-electron chi connectivity index (χ0n) is 10.1. The van der Waals surface area contributed by atoms with E-state index in [-0.39, 0.29) is 16.6 Å². The van der Waals surface area contributed by atoms with Gasteiger partial charge in [-0.15, -0.1) is 0 Å². The molecule has 20 heavy (non-hydrogen) atoms. The van der Waals surface area contributed by atoms with Crippen LogP contribution in [0.1, 0.15) is 0 Å². The van der Waals surface area contributed by atoms with Crippen LogP contribution in [0, 0.1) is 0 Å². The molecule has 4 N–H and O–H groups in total. The van der Waals surface area contributed by atoms with E-state index in [2.05, 4.69) is 4.98 Å². The molecule has 1 saturated heterocycles. The number of aromatic nitrogens is 1. The van der Waals surface area contributed by atoms with Gasteiger partial charge in [0.05, 0.1) is 6.61 Å². The second-order valence-corrected chi connectivity index (χ2v) is 4.53. The minimum atomic E-state index is -2.32. The van der Waals surface area contributed by atoms with E-state index in [0.29, 0.717) is 0 Å². The van der Waals surface area contributed by atoms with Gasteiger partial charge in [0, 0.05) is 6.20 Å². The molecule has 0 aliphatic carbocycles. The molecule has 1 aromatic heterocycles. The number of carbonyl (C=O) groups is 1. The summed E-state index contributed by atoms with van der Waals surface area (Å²) in [5.41, 5.74) is 0. The molecule has 108 valence electrons. The van der Waals surface area contributed by atoms with Crippen molar-refractivity contribution in [1.29, 1.82) is 0 Å². The molecule has 0 saturated carbocycles. The van der Waals surface area contributed by atoms with Gasteiger partial charge in [0.15, 0.2) is 11.9 Å². The van der Waals surface area contributed by atoms with Crippen molar-refractivity contribution in [2.75, 3.05) is 11.7 Å². The Morgan fingerprint density at radius 1 is 1.40 bits per heavy atom. The molecule has 9 heteroatoms. The smallest absolute Gasteiger partial charge is 0.328 e. The predicted octanol–water partition coefficient (Wildman–Crippen LogP) is -1.99. The minimum absolute atomic E-state index is 0.00256. The lowest BCUT2D eigenvalue weighted by Crippen LogP contribution is -2.71. The minimum Gasteiger partial charge on any atom is -0.447 e. The number of hydroxylamine groups is 1. The zero-order chi connectivity index (χ0) is 14.5. The lowest BCUT2D eigenvalue weighted by molar-refractivity contribution is -0.295. The van der Waals surface area contributed by atoms with E-state index < -0.39 is 36.6 Å². The summed E-state index contributed by atoms with van der Waals surface area (Å²) in [6.07, 6.45) is -3.55. The summed E-state index contributed by atoms with van der Waals surface area (Å²) in [7, 11) is 0. The summed E-state index contributed by atoms with van der Waals surface area (Å²) >= 11 is 0. The van der Waals surface area contributed by atoms with E-state index in [9.17, 15) is 25.3 Å². The first-order valence-electron chi connectivity index (χ1n) is 5.83. The standard InChI is InChI=1S/C11H12N2O7/c14-5-4-19-11(8(16)7(5)15)10(17)13(18)9-6(20-11)2-1-3-12-9/h1-3,5,7-8,14-16,18H,4H2. The number of pyridine rings is 1. The van der Waals surface area contributed by atoms with Gasteiger partial charge in [0.25, 0.3) is 0 Å². The third kappa shape index (κ3) is 1.62. The number of ether oxygens (including phenoxy) is 2. The molecule has 4 unspecified atom stereocenters. The molecule has 2 aliphatic heterocycles. The van der Waals surface area contributed by atoms with Gasteiger partial charge >= 0.3 is 11.7 Å². The molecular weight excluding hydrogens is 272 g/mol. The van der Waals surface area contributed by atoms with Crippen molar-refractivity contribution in [3.8, 4) is 5.75 Å². The van der Waals surface area contributed by atoms with E-state index in [4.69, 9.17) is 9.47 Å². The number of carbonyl (C=O) groups excluding carboxylic acids is 1. The van der Waals surface area contributed by atoms with E-state index in [0.717, 1.165) is 0 Å². The van der Waals surface area contributed by atoms with Gasteiger partial charge in [-0.2, -0.15) is 5.06 Å². The molecular formula is C11H12N2O7. The number of rotatable bonds is 0. The largest absolute Gasteiger partial charge is 0.447 e. The van der Waals surface area contributed by atoms with Crippen LogP contribution in [-0.2, 0) is 9.53 Å². The molecule has 4 atom stereocenters. The Balaban J connectivity index is 2.05. The summed E-state index contributed by atoms with van der Waals surface area (Å²) in [6.45, 7) is -0.437. The molecule has 0 bridgehead atoms. The number of fused-ring (bicyclic) bond motifs is 1. The summed E-state index contributed by atoms with van der Waals surface area (Å²) in [5, 5.41) is 39.1. The van der Waals surface area contributed by atoms with Crippen LogP contribution in [0.2, 0.25) is 0 Å². The second-order valence-electron chi connectivity index (χ2n) is 4.53. The van der Waals surface area contributed by atoms with Crippen LogP contribution < -0.4 is 9.80 Å². The highest BCUT2D eigenvalue weighted by molar-refractivity contribution is 5.99. The number of anilines is 1. The maximum atomic E-state index is 12.2. The molecule has 2 aliphatic rings. The number of amides is 1. The Bertz CT molecular complexity index is 553. The van der Waals surface area contributed by atoms with Crippen molar-refractivity contribution in [3.63, 3.8) is 0 Å². The highest BCUT2D eigenvalue weighted by Crippen LogP contribution is 2.39. The normalized spacial score (nSPS) is 36.7. The fourth-order valence-corrected chi connectivity index (χ4v) is 2.18. The Morgan fingerprint density at radius 2 is 2.15 bits per heavy atom. The predicted molar refractivity (Wildman–Crippen MR) is 60.8 cm³/mol. The lowest BCUT2D eigenvalue weighted by Gasteiger charge is -2.46. The molecule has 1 spiro atoms. The average molecular weight is 284 g/mol. The zero-order valence-corrected chi connectivity index (χ0v) is 10.1. The van der Waals surface area contributed by atoms with Crippen LogP contribution in [0.15, 0.2) is 18.3 Å². The van der Waals surface area contributed by atoms with Crippen LogP contribution in [0.4, 0.5) is 5.82 Å². The van der Waals surface area contributed by atoms with Gasteiger partial charge < -0.3 is 24.8 Å². The van der Waals surface area contributed by atoms with Crippen molar-refractivity contribution >= 4 is 11.7 Å². The third-order valence-corrected chi connectivity index (χ3v) is 3.28. The first-order chi connectivity index (χ1) is 9.47. The third-order valence-electron chi connectivity index (χ3n) is 3.28. The highest BCUT2D eigenvalue weighted by Gasteiger charge is 2.61. The Morgan fingerprint density at radius 3 is 2.90 bits per heavy atom. The molecule has 9 nitrogen and oxygen atoms in total. The van der Waals surface area contributed by atoms with E-state index in [1.807, 2.05) is 0 Å². The lowest BCUT2D eigenvalue weighted by atomic mass is 9.95. The first-order valence-corrected chi connectivity index (χ1v) is 5.83. The van der Waals surface area contributed by atoms with Crippen molar-refractivity contribution in [1.82, 2.24) is 4.98 Å². The fourth-order valence-electron chi connectivity index (χ4n) is 2.18. The van der Waals surface area contributed by atoms with Crippen LogP contribution >= 0.6 is 0 Å². The summed E-state index contributed by atoms with van der Waals surface area (Å²) in [6, 6.07) is 2.91. The number of nitrogens with zero attached hydrogens (tertiary/aromatic N) is 2. The van der Waals surface area contributed by atoms with Crippen LogP contribution in [-0.4, -0.2) is 62.1 Å². The quantitative estimate of drug-likeness (QED) is 0.402. The number of aliphatic hydroxyl groups is 3. The summed E-state index contributed by atoms with van der Waals surface area (Å²) in [4.78, 5) is 15.9. The van der Waals surface area contributed by atoms with Crippen LogP contribution in [0.5, 0.6) is 5.75 Å². The van der Waals surface area contributed by atoms with Gasteiger partial charge in [0.1, 0.15) is 12.2 Å². The maximum absolute atomic E-state index is 12.2. The van der Waals surface area contributed by atoms with Crippen LogP contribution in [0.3, 0.4) is 0 Å². The van der Waals surface area contributed by atoms with E-state index in [1.54, 1.807) is 0 Å². The van der Waals surface area contributed by atoms with Gasteiger partial charge in [-0.1, -0.05) is 0 Å². The Hall–Kier alpha value is -1.78. The number of aliphatic hydroxyl groups excluding tert-OH is 3. The number of hydrogen-bond acceptors (Lipinski definition) is 8. The fraction of sp³-hybridized carbons (Fsp3) is 0.455. The SMILES string of the molecule is O=C1N(O)c2ncccc2OC12OCC(O)C(O)C2O. The monoisotopic (exact) mass is 284 g/mol. The van der Waals surface area contributed by atoms with Crippen molar-refractivity contribution in [3.05, 3.63) is 18.3 Å². The van der Waals surface area contributed by atoms with Gasteiger partial charge in [-0.25, -0.2) is 4.98 Å². The molecule has 3 heterocycles. The van der Waals surface area contributed by atoms with E-state index >= 15 is 0 Å². The molecule has 3 rings (SSSR count). The Labute approximate surface area is 112 Å². The molecule has 1 amide bonds. The molecule has 0 aromatic carbocycles. The van der Waals surface area contributed by atoms with E-state index in [1.165, 1.54) is 18.3 Å². The average Bonchev–Trinajstić information content (AvgIpc) is 2.46. The van der Waals surface area contributed by atoms with Gasteiger partial charge in [-0.05, 0) is 12.1 Å². The van der Waals surface area contributed by atoms with Crippen molar-refractivity contribution in [2.24, 2.45) is 0 Å². The molecule has 0 radical (unpaired) electrons. The molecule has 1 fully saturated rings. The van der Waals surface area contributed by atoms with Crippen molar-refractivity contribution in [2.45, 2.75) is 24.1 Å². The molecule has 1 aromatic rings. The Kier molecular flexibility index (Phi) is 2.88. The van der Waals surface area contributed by atoms with Crippen LogP contribution in [0.25, 0.3) is 0 Å². The first kappa shape index (κ1) is 13.2. The summed E-state index contributed by atoms with van der Waals surface area (Å²) in [5.74, 6) is -3.61. The number of hydrogen-bond donors (Lipinski definition) is 4. The summed E-state index contributed by atoms with van der Waals surface area (Å²) < 4.78 is 10.4. The van der Waals surface area contributed by atoms with Gasteiger partial charge in [0.2, 0.25) is 5.82 Å². The second kappa shape index (κ2) is 4.36.